The fourth-order valence-corrected chi connectivity index (χ4v) is 3.50. The summed E-state index contributed by atoms with van der Waals surface area (Å²) >= 11 is 0. The SMILES string of the molecule is CCN(Cc1ccc(C(=O)NCC(c2ccco2)N(CC)CC)cc1)C(C)C. The molecule has 0 spiro atoms. The van der Waals surface area contributed by atoms with Crippen LogP contribution in [-0.4, -0.2) is 47.9 Å². The highest BCUT2D eigenvalue weighted by atomic mass is 16.3. The second-order valence-corrected chi connectivity index (χ2v) is 7.32. The minimum atomic E-state index is -0.0496. The molecule has 28 heavy (non-hydrogen) atoms. The maximum absolute atomic E-state index is 12.6. The van der Waals surface area contributed by atoms with Gasteiger partial charge in [-0.3, -0.25) is 14.6 Å². The summed E-state index contributed by atoms with van der Waals surface area (Å²) in [7, 11) is 0. The molecule has 5 nitrogen and oxygen atoms in total. The first-order valence-electron chi connectivity index (χ1n) is 10.4. The van der Waals surface area contributed by atoms with Crippen molar-refractivity contribution in [1.82, 2.24) is 15.1 Å². The lowest BCUT2D eigenvalue weighted by molar-refractivity contribution is 0.0929. The smallest absolute Gasteiger partial charge is 0.251 e. The van der Waals surface area contributed by atoms with Gasteiger partial charge in [0.2, 0.25) is 0 Å². The molecule has 1 unspecified atom stereocenters. The molecule has 0 aliphatic heterocycles. The predicted molar refractivity (Wildman–Crippen MR) is 114 cm³/mol. The zero-order valence-corrected chi connectivity index (χ0v) is 17.9. The Labute approximate surface area is 169 Å². The molecule has 0 bridgehead atoms. The van der Waals surface area contributed by atoms with E-state index in [1.807, 2.05) is 36.4 Å². The number of nitrogens with zero attached hydrogens (tertiary/aromatic N) is 2. The number of hydrogen-bond donors (Lipinski definition) is 1. The average molecular weight is 386 g/mol. The molecule has 1 aromatic carbocycles. The van der Waals surface area contributed by atoms with Crippen LogP contribution < -0.4 is 5.32 Å². The second kappa shape index (κ2) is 11.0. The van der Waals surface area contributed by atoms with E-state index in [0.29, 0.717) is 18.2 Å². The van der Waals surface area contributed by atoms with Crippen LogP contribution in [0.5, 0.6) is 0 Å². The highest BCUT2D eigenvalue weighted by molar-refractivity contribution is 5.94. The molecular formula is C23H35N3O2. The normalized spacial score (nSPS) is 12.7. The maximum atomic E-state index is 12.6. The predicted octanol–water partition coefficient (Wildman–Crippen LogP) is 4.32. The van der Waals surface area contributed by atoms with Gasteiger partial charge in [-0.15, -0.1) is 0 Å². The summed E-state index contributed by atoms with van der Waals surface area (Å²) in [6, 6.07) is 12.3. The second-order valence-electron chi connectivity index (χ2n) is 7.32. The minimum absolute atomic E-state index is 0.0392. The van der Waals surface area contributed by atoms with Crippen LogP contribution >= 0.6 is 0 Å². The van der Waals surface area contributed by atoms with E-state index in [0.717, 1.165) is 31.9 Å². The molecule has 1 atom stereocenters. The van der Waals surface area contributed by atoms with Gasteiger partial charge in [0, 0.05) is 24.7 Å². The Morgan fingerprint density at radius 2 is 1.64 bits per heavy atom. The molecule has 0 aliphatic rings. The van der Waals surface area contributed by atoms with Crippen LogP contribution in [0, 0.1) is 0 Å². The third kappa shape index (κ3) is 5.94. The number of carbonyl (C=O) groups is 1. The number of likely N-dealkylation sites (N-methyl/N-ethyl adjacent to an activating group) is 1. The van der Waals surface area contributed by atoms with Gasteiger partial charge in [-0.25, -0.2) is 0 Å². The molecule has 1 aromatic heterocycles. The van der Waals surface area contributed by atoms with Gasteiger partial charge < -0.3 is 9.73 Å². The van der Waals surface area contributed by atoms with Gasteiger partial charge in [-0.05, 0) is 63.3 Å². The third-order valence-corrected chi connectivity index (χ3v) is 5.32. The summed E-state index contributed by atoms with van der Waals surface area (Å²) in [5, 5.41) is 3.08. The Morgan fingerprint density at radius 3 is 2.14 bits per heavy atom. The summed E-state index contributed by atoms with van der Waals surface area (Å²) < 4.78 is 5.60. The first-order valence-corrected chi connectivity index (χ1v) is 10.4. The summed E-state index contributed by atoms with van der Waals surface area (Å²) in [5.41, 5.74) is 1.91. The Kier molecular flexibility index (Phi) is 8.74. The molecule has 0 fully saturated rings. The van der Waals surface area contributed by atoms with Crippen molar-refractivity contribution < 1.29 is 9.21 Å². The molecule has 5 heteroatoms. The van der Waals surface area contributed by atoms with Crippen molar-refractivity contribution in [3.63, 3.8) is 0 Å². The summed E-state index contributed by atoms with van der Waals surface area (Å²) in [5.74, 6) is 0.833. The standard InChI is InChI=1S/C23H35N3O2/c1-6-25(7-2)21(22-10-9-15-28-22)16-24-23(27)20-13-11-19(12-14-20)17-26(8-3)18(4)5/h9-15,18,21H,6-8,16-17H2,1-5H3,(H,24,27). The lowest BCUT2D eigenvalue weighted by Crippen LogP contribution is -2.37. The van der Waals surface area contributed by atoms with E-state index in [4.69, 9.17) is 4.42 Å². The Morgan fingerprint density at radius 1 is 1.00 bits per heavy atom. The van der Waals surface area contributed by atoms with Crippen LogP contribution in [0.2, 0.25) is 0 Å². The molecule has 2 rings (SSSR count). The first kappa shape index (κ1) is 22.2. The van der Waals surface area contributed by atoms with Crippen molar-refractivity contribution in [2.45, 2.75) is 53.2 Å². The number of furan rings is 1. The molecule has 0 saturated heterocycles. The zero-order chi connectivity index (χ0) is 20.5. The average Bonchev–Trinajstić information content (AvgIpc) is 3.23. The number of amides is 1. The topological polar surface area (TPSA) is 48.7 Å². The largest absolute Gasteiger partial charge is 0.468 e. The lowest BCUT2D eigenvalue weighted by Gasteiger charge is -2.28. The van der Waals surface area contributed by atoms with Crippen LogP contribution in [0.3, 0.4) is 0 Å². The van der Waals surface area contributed by atoms with Crippen molar-refractivity contribution >= 4 is 5.91 Å². The monoisotopic (exact) mass is 385 g/mol. The highest BCUT2D eigenvalue weighted by Gasteiger charge is 2.21. The molecule has 0 aliphatic carbocycles. The van der Waals surface area contributed by atoms with E-state index in [2.05, 4.69) is 49.7 Å². The fraction of sp³-hybridized carbons (Fsp3) is 0.522. The van der Waals surface area contributed by atoms with Gasteiger partial charge in [-0.1, -0.05) is 32.9 Å². The molecule has 0 radical (unpaired) electrons. The van der Waals surface area contributed by atoms with Crippen molar-refractivity contribution in [3.05, 3.63) is 59.5 Å². The quantitative estimate of drug-likeness (QED) is 0.626. The van der Waals surface area contributed by atoms with Crippen LogP contribution in [0.4, 0.5) is 0 Å². The van der Waals surface area contributed by atoms with Gasteiger partial charge in [0.25, 0.3) is 5.91 Å². The number of rotatable bonds is 11. The molecule has 0 saturated carbocycles. The summed E-state index contributed by atoms with van der Waals surface area (Å²) in [6.07, 6.45) is 1.68. The van der Waals surface area contributed by atoms with Gasteiger partial charge in [-0.2, -0.15) is 0 Å². The van der Waals surface area contributed by atoms with E-state index in [-0.39, 0.29) is 11.9 Å². The van der Waals surface area contributed by atoms with Crippen molar-refractivity contribution in [2.24, 2.45) is 0 Å². The number of hydrogen-bond acceptors (Lipinski definition) is 4. The van der Waals surface area contributed by atoms with Crippen molar-refractivity contribution in [3.8, 4) is 0 Å². The van der Waals surface area contributed by atoms with Gasteiger partial charge in [0.05, 0.1) is 12.3 Å². The van der Waals surface area contributed by atoms with Gasteiger partial charge in [0.15, 0.2) is 0 Å². The maximum Gasteiger partial charge on any atom is 0.251 e. The molecule has 1 heterocycles. The van der Waals surface area contributed by atoms with Crippen LogP contribution in [0.15, 0.2) is 47.1 Å². The Bertz CT molecular complexity index is 691. The number of nitrogens with one attached hydrogen (secondary N) is 1. The molecule has 2 aromatic rings. The molecule has 1 N–H and O–H groups in total. The van der Waals surface area contributed by atoms with Crippen LogP contribution in [0.1, 0.15) is 62.3 Å². The third-order valence-electron chi connectivity index (χ3n) is 5.32. The number of benzene rings is 1. The zero-order valence-electron chi connectivity index (χ0n) is 17.9. The Balaban J connectivity index is 1.99. The van der Waals surface area contributed by atoms with E-state index in [1.54, 1.807) is 6.26 Å². The fourth-order valence-electron chi connectivity index (χ4n) is 3.50. The van der Waals surface area contributed by atoms with E-state index in [9.17, 15) is 4.79 Å². The van der Waals surface area contributed by atoms with Crippen molar-refractivity contribution in [1.29, 1.82) is 0 Å². The summed E-state index contributed by atoms with van der Waals surface area (Å²) in [6.45, 7) is 15.1. The van der Waals surface area contributed by atoms with E-state index >= 15 is 0 Å². The summed E-state index contributed by atoms with van der Waals surface area (Å²) in [4.78, 5) is 17.3. The molecule has 154 valence electrons. The van der Waals surface area contributed by atoms with Gasteiger partial charge >= 0.3 is 0 Å². The first-order chi connectivity index (χ1) is 13.5. The highest BCUT2D eigenvalue weighted by Crippen LogP contribution is 2.20. The minimum Gasteiger partial charge on any atom is -0.468 e. The van der Waals surface area contributed by atoms with E-state index < -0.39 is 0 Å². The number of carbonyl (C=O) groups excluding carboxylic acids is 1. The Hall–Kier alpha value is -2.11. The van der Waals surface area contributed by atoms with Crippen LogP contribution in [0.25, 0.3) is 0 Å². The van der Waals surface area contributed by atoms with Crippen molar-refractivity contribution in [2.75, 3.05) is 26.2 Å². The molecule has 1 amide bonds. The van der Waals surface area contributed by atoms with E-state index in [1.165, 1.54) is 5.56 Å². The molecular weight excluding hydrogens is 350 g/mol. The van der Waals surface area contributed by atoms with Gasteiger partial charge in [0.1, 0.15) is 5.76 Å². The lowest BCUT2D eigenvalue weighted by atomic mass is 10.1. The van der Waals surface area contributed by atoms with Crippen LogP contribution in [-0.2, 0) is 6.54 Å².